The van der Waals surface area contributed by atoms with E-state index in [4.69, 9.17) is 0 Å². The minimum Gasteiger partial charge on any atom is -0.350 e. The number of nitrogens with zero attached hydrogens (tertiary/aromatic N) is 2. The fraction of sp³-hybridized carbons (Fsp3) is 0.556. The molecule has 0 atom stereocenters. The summed E-state index contributed by atoms with van der Waals surface area (Å²) in [5.41, 5.74) is 1.13. The van der Waals surface area contributed by atoms with Gasteiger partial charge in [-0.2, -0.15) is 0 Å². The van der Waals surface area contributed by atoms with Crippen molar-refractivity contribution in [3.63, 3.8) is 0 Å². The topological polar surface area (TPSA) is 6.48 Å². The van der Waals surface area contributed by atoms with Gasteiger partial charge in [-0.05, 0) is 13.8 Å². The minimum absolute atomic E-state index is 0.518. The number of rotatable bonds is 1. The molecule has 62 valence electrons. The lowest BCUT2D eigenvalue weighted by atomic mass is 10.3. The number of hydrogen-bond acceptors (Lipinski definition) is 2. The van der Waals surface area contributed by atoms with E-state index in [0.717, 1.165) is 18.1 Å². The van der Waals surface area contributed by atoms with Crippen LogP contribution in [0, 0.1) is 0 Å². The fourth-order valence-electron chi connectivity index (χ4n) is 1.25. The highest BCUT2D eigenvalue weighted by Crippen LogP contribution is 2.23. The van der Waals surface area contributed by atoms with Gasteiger partial charge in [-0.15, -0.1) is 0 Å². The van der Waals surface area contributed by atoms with E-state index in [1.165, 1.54) is 0 Å². The molecule has 0 amide bonds. The first-order chi connectivity index (χ1) is 5.04. The van der Waals surface area contributed by atoms with E-state index in [2.05, 4.69) is 31.9 Å². The molecule has 1 fully saturated rings. The Labute approximate surface area is 68.8 Å². The van der Waals surface area contributed by atoms with Gasteiger partial charge in [0.05, 0.1) is 6.54 Å². The summed E-state index contributed by atoms with van der Waals surface area (Å²) in [6, 6.07) is 0.518. The fourth-order valence-corrected chi connectivity index (χ4v) is 1.25. The predicted molar refractivity (Wildman–Crippen MR) is 47.9 cm³/mol. The van der Waals surface area contributed by atoms with Crippen LogP contribution in [0.4, 0.5) is 0 Å². The molecule has 1 saturated heterocycles. The van der Waals surface area contributed by atoms with Crippen LogP contribution in [0.15, 0.2) is 24.7 Å². The Kier molecular flexibility index (Phi) is 1.94. The summed E-state index contributed by atoms with van der Waals surface area (Å²) in [7, 11) is 2.01. The highest BCUT2D eigenvalue weighted by atomic mass is 15.4. The maximum Gasteiger partial charge on any atom is 0.101 e. The van der Waals surface area contributed by atoms with Crippen LogP contribution in [0.5, 0.6) is 0 Å². The number of likely N-dealkylation sites (N-methyl/N-ethyl adjacent to an activating group) is 1. The Bertz CT molecular complexity index is 194. The van der Waals surface area contributed by atoms with Gasteiger partial charge in [0, 0.05) is 18.8 Å². The molecule has 2 heteroatoms. The van der Waals surface area contributed by atoms with E-state index in [1.54, 1.807) is 0 Å². The first-order valence-corrected chi connectivity index (χ1v) is 3.91. The molecule has 0 unspecified atom stereocenters. The second kappa shape index (κ2) is 2.61. The van der Waals surface area contributed by atoms with Crippen LogP contribution in [0.2, 0.25) is 0 Å². The first-order valence-electron chi connectivity index (χ1n) is 3.91. The van der Waals surface area contributed by atoms with E-state index >= 15 is 0 Å². The standard InChI is InChI=1S/C9H16N2/c1-7(2)11-6-8(3)10(5)9(11)4/h7H,3-4,6H2,1-2,5H3. The van der Waals surface area contributed by atoms with Crippen molar-refractivity contribution in [2.45, 2.75) is 19.9 Å². The van der Waals surface area contributed by atoms with E-state index in [-0.39, 0.29) is 0 Å². The third-order valence-corrected chi connectivity index (χ3v) is 2.17. The molecule has 0 bridgehead atoms. The molecule has 1 heterocycles. The highest BCUT2D eigenvalue weighted by Gasteiger charge is 2.24. The monoisotopic (exact) mass is 152 g/mol. The van der Waals surface area contributed by atoms with Gasteiger partial charge in [0.2, 0.25) is 0 Å². The van der Waals surface area contributed by atoms with Crippen molar-refractivity contribution in [3.8, 4) is 0 Å². The minimum atomic E-state index is 0.518. The van der Waals surface area contributed by atoms with Crippen molar-refractivity contribution in [1.29, 1.82) is 0 Å². The zero-order valence-electron chi connectivity index (χ0n) is 7.59. The second-order valence-electron chi connectivity index (χ2n) is 3.26. The Morgan fingerprint density at radius 1 is 1.36 bits per heavy atom. The molecule has 0 radical (unpaired) electrons. The molecule has 0 aromatic rings. The summed E-state index contributed by atoms with van der Waals surface area (Å²) in [5.74, 6) is 1.06. The van der Waals surface area contributed by atoms with Crippen LogP contribution >= 0.6 is 0 Å². The summed E-state index contributed by atoms with van der Waals surface area (Å²) >= 11 is 0. The molecule has 0 aliphatic carbocycles. The first kappa shape index (κ1) is 8.18. The van der Waals surface area contributed by atoms with Crippen LogP contribution in [0.1, 0.15) is 13.8 Å². The van der Waals surface area contributed by atoms with E-state index in [1.807, 2.05) is 11.9 Å². The molecule has 0 spiro atoms. The Hall–Kier alpha value is -0.920. The summed E-state index contributed by atoms with van der Waals surface area (Å²) in [4.78, 5) is 4.28. The molecule has 1 aliphatic rings. The van der Waals surface area contributed by atoms with Gasteiger partial charge in [0.1, 0.15) is 5.82 Å². The van der Waals surface area contributed by atoms with Crippen LogP contribution in [-0.4, -0.2) is 29.4 Å². The third-order valence-electron chi connectivity index (χ3n) is 2.17. The summed E-state index contributed by atoms with van der Waals surface area (Å²) in [6.07, 6.45) is 0. The summed E-state index contributed by atoms with van der Waals surface area (Å²) in [6.45, 7) is 13.2. The van der Waals surface area contributed by atoms with Gasteiger partial charge in [0.15, 0.2) is 0 Å². The second-order valence-corrected chi connectivity index (χ2v) is 3.26. The van der Waals surface area contributed by atoms with Crippen molar-refractivity contribution in [3.05, 3.63) is 24.7 Å². The maximum absolute atomic E-state index is 3.98. The van der Waals surface area contributed by atoms with Crippen molar-refractivity contribution < 1.29 is 0 Å². The molecule has 2 nitrogen and oxygen atoms in total. The quantitative estimate of drug-likeness (QED) is 0.563. The zero-order valence-corrected chi connectivity index (χ0v) is 7.59. The molecular formula is C9H16N2. The van der Waals surface area contributed by atoms with E-state index in [9.17, 15) is 0 Å². The van der Waals surface area contributed by atoms with Crippen molar-refractivity contribution in [2.75, 3.05) is 13.6 Å². The van der Waals surface area contributed by atoms with Crippen LogP contribution in [-0.2, 0) is 0 Å². The molecule has 1 aliphatic heterocycles. The van der Waals surface area contributed by atoms with Gasteiger partial charge in [-0.3, -0.25) is 0 Å². The molecular weight excluding hydrogens is 136 g/mol. The largest absolute Gasteiger partial charge is 0.350 e. The Balaban J connectivity index is 2.75. The lowest BCUT2D eigenvalue weighted by molar-refractivity contribution is 0.308. The molecule has 0 N–H and O–H groups in total. The van der Waals surface area contributed by atoms with Gasteiger partial charge >= 0.3 is 0 Å². The van der Waals surface area contributed by atoms with Crippen LogP contribution < -0.4 is 0 Å². The Morgan fingerprint density at radius 3 is 2.09 bits per heavy atom. The van der Waals surface area contributed by atoms with Gasteiger partial charge in [0.25, 0.3) is 0 Å². The average molecular weight is 152 g/mol. The van der Waals surface area contributed by atoms with E-state index in [0.29, 0.717) is 6.04 Å². The van der Waals surface area contributed by atoms with Gasteiger partial charge in [-0.1, -0.05) is 13.2 Å². The van der Waals surface area contributed by atoms with Crippen LogP contribution in [0.3, 0.4) is 0 Å². The SMILES string of the molecule is C=C1CN(C(C)C)C(=C)N1C. The van der Waals surface area contributed by atoms with Crippen molar-refractivity contribution in [1.82, 2.24) is 9.80 Å². The predicted octanol–water partition coefficient (Wildman–Crippen LogP) is 1.63. The molecule has 0 saturated carbocycles. The van der Waals surface area contributed by atoms with Crippen LogP contribution in [0.25, 0.3) is 0 Å². The molecule has 0 aromatic carbocycles. The van der Waals surface area contributed by atoms with E-state index < -0.39 is 0 Å². The van der Waals surface area contributed by atoms with Crippen molar-refractivity contribution in [2.24, 2.45) is 0 Å². The third kappa shape index (κ3) is 1.25. The average Bonchev–Trinajstić information content (AvgIpc) is 2.17. The smallest absolute Gasteiger partial charge is 0.101 e. The van der Waals surface area contributed by atoms with Gasteiger partial charge < -0.3 is 9.80 Å². The maximum atomic E-state index is 3.98. The zero-order chi connectivity index (χ0) is 8.59. The Morgan fingerprint density at radius 2 is 1.91 bits per heavy atom. The molecule has 0 aromatic heterocycles. The summed E-state index contributed by atoms with van der Waals surface area (Å²) < 4.78 is 0. The lowest BCUT2D eigenvalue weighted by Crippen LogP contribution is -2.27. The van der Waals surface area contributed by atoms with Crippen molar-refractivity contribution >= 4 is 0 Å². The van der Waals surface area contributed by atoms with Gasteiger partial charge in [-0.25, -0.2) is 0 Å². The molecule has 11 heavy (non-hydrogen) atoms. The summed E-state index contributed by atoms with van der Waals surface area (Å²) in [5, 5.41) is 0. The highest BCUT2D eigenvalue weighted by molar-refractivity contribution is 5.16. The normalized spacial score (nSPS) is 18.9. The molecule has 1 rings (SSSR count). The number of hydrogen-bond donors (Lipinski definition) is 0. The lowest BCUT2D eigenvalue weighted by Gasteiger charge is -2.23.